The maximum atomic E-state index is 12.8. The third kappa shape index (κ3) is 5.78. The molecule has 0 aliphatic heterocycles. The minimum absolute atomic E-state index is 0.111. The second kappa shape index (κ2) is 8.51. The molecule has 27 heavy (non-hydrogen) atoms. The van der Waals surface area contributed by atoms with Gasteiger partial charge in [-0.3, -0.25) is 14.7 Å². The van der Waals surface area contributed by atoms with E-state index >= 15 is 0 Å². The van der Waals surface area contributed by atoms with Gasteiger partial charge in [0.1, 0.15) is 17.1 Å². The lowest BCUT2D eigenvalue weighted by Crippen LogP contribution is -2.34. The lowest BCUT2D eigenvalue weighted by atomic mass is 10.2. The van der Waals surface area contributed by atoms with Crippen molar-refractivity contribution >= 4 is 23.4 Å². The van der Waals surface area contributed by atoms with Gasteiger partial charge in [-0.05, 0) is 32.9 Å². The van der Waals surface area contributed by atoms with Crippen LogP contribution in [0.4, 0.5) is 10.5 Å². The number of aliphatic hydroxyl groups is 2. The van der Waals surface area contributed by atoms with Gasteiger partial charge in [-0.2, -0.15) is 0 Å². The van der Waals surface area contributed by atoms with Crippen molar-refractivity contribution in [1.82, 2.24) is 9.55 Å². The zero-order valence-electron chi connectivity index (χ0n) is 15.3. The van der Waals surface area contributed by atoms with Crippen molar-refractivity contribution in [2.75, 3.05) is 11.9 Å². The summed E-state index contributed by atoms with van der Waals surface area (Å²) in [5.74, 6) is 0.240. The first-order valence-corrected chi connectivity index (χ1v) is 8.63. The number of aliphatic hydroxyl groups excluding tert-OH is 2. The fraction of sp³-hybridized carbons (Fsp3) is 0.389. The lowest BCUT2D eigenvalue weighted by molar-refractivity contribution is 0.0635. The van der Waals surface area contributed by atoms with E-state index in [1.54, 1.807) is 45.0 Å². The molecule has 3 N–H and O–H groups in total. The Morgan fingerprint density at radius 2 is 2.11 bits per heavy atom. The zero-order chi connectivity index (χ0) is 20.2. The van der Waals surface area contributed by atoms with Crippen LogP contribution >= 0.6 is 11.6 Å². The molecule has 1 unspecified atom stereocenters. The maximum Gasteiger partial charge on any atom is 0.412 e. The molecule has 2 aromatic rings. The van der Waals surface area contributed by atoms with Crippen LogP contribution in [0, 0.1) is 0 Å². The van der Waals surface area contributed by atoms with E-state index in [2.05, 4.69) is 10.3 Å². The maximum absolute atomic E-state index is 12.8. The summed E-state index contributed by atoms with van der Waals surface area (Å²) in [7, 11) is 0. The summed E-state index contributed by atoms with van der Waals surface area (Å²) < 4.78 is 6.30. The van der Waals surface area contributed by atoms with Gasteiger partial charge >= 0.3 is 6.09 Å². The van der Waals surface area contributed by atoms with Crippen molar-refractivity contribution in [3.8, 4) is 11.4 Å². The molecule has 1 heterocycles. The molecule has 2 rings (SSSR count). The Morgan fingerprint density at radius 1 is 1.41 bits per heavy atom. The molecule has 1 aromatic heterocycles. The van der Waals surface area contributed by atoms with Crippen LogP contribution in [-0.2, 0) is 11.3 Å². The van der Waals surface area contributed by atoms with Gasteiger partial charge in [0.25, 0.3) is 5.56 Å². The highest BCUT2D eigenvalue weighted by Crippen LogP contribution is 2.21. The van der Waals surface area contributed by atoms with Crippen LogP contribution < -0.4 is 10.9 Å². The molecule has 0 spiro atoms. The molecule has 9 heteroatoms. The molecule has 1 amide bonds. The van der Waals surface area contributed by atoms with Crippen molar-refractivity contribution in [3.05, 3.63) is 45.8 Å². The summed E-state index contributed by atoms with van der Waals surface area (Å²) in [6, 6.07) is 6.70. The predicted octanol–water partition coefficient (Wildman–Crippen LogP) is 2.26. The quantitative estimate of drug-likeness (QED) is 0.715. The first-order chi connectivity index (χ1) is 12.6. The Balaban J connectivity index is 2.46. The van der Waals surface area contributed by atoms with Gasteiger partial charge in [0.15, 0.2) is 0 Å². The summed E-state index contributed by atoms with van der Waals surface area (Å²) in [4.78, 5) is 29.0. The normalized spacial score (nSPS) is 12.5. The van der Waals surface area contributed by atoms with E-state index in [9.17, 15) is 14.7 Å². The molecule has 0 bridgehead atoms. The van der Waals surface area contributed by atoms with E-state index in [1.807, 2.05) is 0 Å². The van der Waals surface area contributed by atoms with Gasteiger partial charge < -0.3 is 14.9 Å². The number of aromatic nitrogens is 2. The largest absolute Gasteiger partial charge is 0.444 e. The monoisotopic (exact) mass is 395 g/mol. The Bertz CT molecular complexity index is 876. The number of carbonyl (C=O) groups excluding carboxylic acids is 1. The second-order valence-corrected chi connectivity index (χ2v) is 7.32. The predicted molar refractivity (Wildman–Crippen MR) is 102 cm³/mol. The minimum Gasteiger partial charge on any atom is -0.444 e. The Hall–Kier alpha value is -2.42. The van der Waals surface area contributed by atoms with Crippen molar-refractivity contribution in [2.24, 2.45) is 0 Å². The van der Waals surface area contributed by atoms with E-state index in [4.69, 9.17) is 21.4 Å². The van der Waals surface area contributed by atoms with Crippen molar-refractivity contribution < 1.29 is 19.7 Å². The number of hydrogen-bond acceptors (Lipinski definition) is 6. The Kier molecular flexibility index (Phi) is 6.59. The molecule has 0 aliphatic carbocycles. The number of hydrogen-bond donors (Lipinski definition) is 3. The van der Waals surface area contributed by atoms with E-state index in [0.29, 0.717) is 10.6 Å². The lowest BCUT2D eigenvalue weighted by Gasteiger charge is -2.20. The summed E-state index contributed by atoms with van der Waals surface area (Å²) in [5.41, 5.74) is -0.892. The number of nitrogens with one attached hydrogen (secondary N) is 1. The van der Waals surface area contributed by atoms with Crippen LogP contribution in [-0.4, -0.2) is 44.2 Å². The molecule has 0 radical (unpaired) electrons. The number of amides is 1. The van der Waals surface area contributed by atoms with Crippen molar-refractivity contribution in [3.63, 3.8) is 0 Å². The van der Waals surface area contributed by atoms with Gasteiger partial charge in [0.05, 0.1) is 25.5 Å². The fourth-order valence-electron chi connectivity index (χ4n) is 2.29. The van der Waals surface area contributed by atoms with Gasteiger partial charge in [0, 0.05) is 10.6 Å². The zero-order valence-corrected chi connectivity index (χ0v) is 16.0. The van der Waals surface area contributed by atoms with Crippen molar-refractivity contribution in [1.29, 1.82) is 0 Å². The number of ether oxygens (including phenoxy) is 1. The third-order valence-electron chi connectivity index (χ3n) is 3.37. The number of halogens is 1. The van der Waals surface area contributed by atoms with Gasteiger partial charge in [-0.1, -0.05) is 23.7 Å². The highest BCUT2D eigenvalue weighted by Gasteiger charge is 2.20. The van der Waals surface area contributed by atoms with Crippen LogP contribution in [0.1, 0.15) is 20.8 Å². The van der Waals surface area contributed by atoms with Crippen LogP contribution in [0.15, 0.2) is 35.3 Å². The highest BCUT2D eigenvalue weighted by atomic mass is 35.5. The Morgan fingerprint density at radius 3 is 2.70 bits per heavy atom. The summed E-state index contributed by atoms with van der Waals surface area (Å²) in [6.45, 7) is 4.34. The number of anilines is 1. The summed E-state index contributed by atoms with van der Waals surface area (Å²) in [6.07, 6.45) is -0.769. The van der Waals surface area contributed by atoms with Crippen molar-refractivity contribution in [2.45, 2.75) is 39.0 Å². The smallest absolute Gasteiger partial charge is 0.412 e. The molecule has 146 valence electrons. The van der Waals surface area contributed by atoms with E-state index < -0.39 is 30.0 Å². The molecule has 1 atom stereocenters. The number of rotatable bonds is 5. The minimum atomic E-state index is -1.18. The van der Waals surface area contributed by atoms with Crippen LogP contribution in [0.5, 0.6) is 0 Å². The Labute approximate surface area is 161 Å². The first-order valence-electron chi connectivity index (χ1n) is 8.25. The van der Waals surface area contributed by atoms with Gasteiger partial charge in [-0.25, -0.2) is 9.78 Å². The number of nitrogens with zero attached hydrogens (tertiary/aromatic N) is 2. The standard InChI is InChI=1S/C18H22ClN3O5/c1-18(2,3)27-17(26)21-14-8-20-15(11-5-4-6-12(19)7-11)22(16(14)25)9-13(24)10-23/h4-8,13,23-24H,9-10H2,1-3H3,(H,21,26). The average molecular weight is 396 g/mol. The fourth-order valence-corrected chi connectivity index (χ4v) is 2.48. The van der Waals surface area contributed by atoms with Gasteiger partial charge in [-0.15, -0.1) is 0 Å². The summed E-state index contributed by atoms with van der Waals surface area (Å²) in [5, 5.41) is 21.8. The number of carbonyl (C=O) groups is 1. The van der Waals surface area contributed by atoms with Gasteiger partial charge in [0.2, 0.25) is 0 Å². The average Bonchev–Trinajstić information content (AvgIpc) is 2.56. The van der Waals surface area contributed by atoms with E-state index in [1.165, 1.54) is 10.8 Å². The summed E-state index contributed by atoms with van der Waals surface area (Å²) >= 11 is 6.00. The molecule has 8 nitrogen and oxygen atoms in total. The molecule has 0 saturated carbocycles. The third-order valence-corrected chi connectivity index (χ3v) is 3.60. The van der Waals surface area contributed by atoms with E-state index in [-0.39, 0.29) is 18.1 Å². The molecule has 0 fully saturated rings. The van der Waals surface area contributed by atoms with E-state index in [0.717, 1.165) is 0 Å². The highest BCUT2D eigenvalue weighted by molar-refractivity contribution is 6.30. The molecular weight excluding hydrogens is 374 g/mol. The van der Waals surface area contributed by atoms with Crippen LogP contribution in [0.2, 0.25) is 5.02 Å². The second-order valence-electron chi connectivity index (χ2n) is 6.88. The first kappa shape index (κ1) is 20.9. The molecule has 0 saturated heterocycles. The molecular formula is C18H22ClN3O5. The van der Waals surface area contributed by atoms with Crippen LogP contribution in [0.25, 0.3) is 11.4 Å². The topological polar surface area (TPSA) is 114 Å². The SMILES string of the molecule is CC(C)(C)OC(=O)Nc1cnc(-c2cccc(Cl)c2)n(CC(O)CO)c1=O. The molecule has 0 aliphatic rings. The number of benzene rings is 1. The molecule has 1 aromatic carbocycles. The van der Waals surface area contributed by atoms with Crippen LogP contribution in [0.3, 0.4) is 0 Å².